The third-order valence-corrected chi connectivity index (χ3v) is 7.66. The van der Waals surface area contributed by atoms with Gasteiger partial charge in [0.25, 0.3) is 0 Å². The van der Waals surface area contributed by atoms with Crippen LogP contribution in [0.25, 0.3) is 0 Å². The Hall–Kier alpha value is 0.973. The van der Waals surface area contributed by atoms with Gasteiger partial charge in [-0.1, -0.05) is 5.21 Å². The van der Waals surface area contributed by atoms with E-state index in [9.17, 15) is 33.0 Å². The first-order valence-corrected chi connectivity index (χ1v) is 8.22. The molecular weight excluding hydrogens is 408 g/mol. The van der Waals surface area contributed by atoms with Crippen molar-refractivity contribution >= 4 is 27.6 Å². The maximum atomic E-state index is 12.6. The van der Waals surface area contributed by atoms with Crippen molar-refractivity contribution in [3.63, 3.8) is 0 Å². The van der Waals surface area contributed by atoms with Crippen molar-refractivity contribution in [1.82, 2.24) is 15.0 Å². The summed E-state index contributed by atoms with van der Waals surface area (Å²) in [5.74, 6) is -6.29. The quantitative estimate of drug-likeness (QED) is 0.431. The number of Topliss-reactive ketones (excluding diaryl/α,β-unsaturated/α-hetero) is 1. The molecule has 1 aliphatic heterocycles. The van der Waals surface area contributed by atoms with E-state index in [0.717, 1.165) is 10.9 Å². The van der Waals surface area contributed by atoms with E-state index in [1.54, 1.807) is 0 Å². The molecule has 1 aromatic rings. The fourth-order valence-electron chi connectivity index (χ4n) is 3.49. The van der Waals surface area contributed by atoms with Crippen LogP contribution in [0.3, 0.4) is 0 Å². The number of aromatic carboxylic acids is 1. The first-order chi connectivity index (χ1) is 10.6. The van der Waals surface area contributed by atoms with Crippen LogP contribution in [0.2, 0.25) is 0 Å². The molecule has 1 aromatic heterocycles. The Labute approximate surface area is 227 Å². The summed E-state index contributed by atoms with van der Waals surface area (Å²) >= 11 is 0. The third kappa shape index (κ3) is 3.66. The number of hydrogen-bond acceptors (Lipinski definition) is 9. The maximum Gasteiger partial charge on any atom is 1.00 e. The number of aromatic nitrogens is 3. The number of hydrogen-bond donors (Lipinski definition) is 0. The van der Waals surface area contributed by atoms with E-state index in [-0.39, 0.29) is 109 Å². The van der Waals surface area contributed by atoms with Crippen LogP contribution in [0, 0.1) is 11.8 Å². The normalized spacial score (nSPS) is 31.9. The largest absolute Gasteiger partial charge is 1.00 e. The molecule has 0 aromatic carbocycles. The zero-order valence-corrected chi connectivity index (χ0v) is 20.9. The molecule has 0 spiro atoms. The first-order valence-electron chi connectivity index (χ1n) is 6.68. The van der Waals surface area contributed by atoms with Crippen molar-refractivity contribution < 1.29 is 136 Å². The van der Waals surface area contributed by atoms with E-state index in [1.807, 2.05) is 0 Å². The summed E-state index contributed by atoms with van der Waals surface area (Å²) in [6.07, 6.45) is 0.735. The van der Waals surface area contributed by atoms with Gasteiger partial charge in [0.15, 0.2) is 9.84 Å². The number of carbonyl (C=O) groups excluding carboxylic acids is 3. The summed E-state index contributed by atoms with van der Waals surface area (Å²) in [5, 5.41) is 27.9. The number of carbonyl (C=O) groups is 3. The van der Waals surface area contributed by atoms with Gasteiger partial charge in [0.1, 0.15) is 11.5 Å². The van der Waals surface area contributed by atoms with Crippen molar-refractivity contribution in [2.75, 3.05) is 0 Å². The van der Waals surface area contributed by atoms with Crippen molar-refractivity contribution in [2.45, 2.75) is 29.9 Å². The van der Waals surface area contributed by atoms with Gasteiger partial charge in [0.05, 0.1) is 28.7 Å². The minimum Gasteiger partial charge on any atom is -0.550 e. The van der Waals surface area contributed by atoms with E-state index in [2.05, 4.69) is 10.3 Å². The van der Waals surface area contributed by atoms with Gasteiger partial charge in [-0.25, -0.2) is 8.42 Å². The molecule has 13 heteroatoms. The van der Waals surface area contributed by atoms with Gasteiger partial charge in [-0.2, -0.15) is 0 Å². The van der Waals surface area contributed by atoms with Crippen LogP contribution in [-0.2, 0) is 26.0 Å². The molecule has 3 rings (SSSR count). The minimum atomic E-state index is -3.96. The Balaban J connectivity index is 0.00000156. The van der Waals surface area contributed by atoms with Crippen LogP contribution in [-0.4, -0.2) is 51.1 Å². The molecule has 0 radical (unpaired) electrons. The number of sulfone groups is 1. The summed E-state index contributed by atoms with van der Waals surface area (Å²) in [6.45, 7) is 0.753. The van der Waals surface area contributed by atoms with E-state index in [1.165, 1.54) is 6.92 Å². The zero-order valence-electron chi connectivity index (χ0n) is 13.8. The summed E-state index contributed by atoms with van der Waals surface area (Å²) < 4.78 is 24.4. The number of rotatable bonds is 4. The van der Waals surface area contributed by atoms with Crippen LogP contribution >= 0.6 is 0 Å². The molecule has 124 valence electrons. The Kier molecular flexibility index (Phi) is 7.82. The Morgan fingerprint density at radius 2 is 1.96 bits per heavy atom. The van der Waals surface area contributed by atoms with E-state index >= 15 is 0 Å². The van der Waals surface area contributed by atoms with Crippen molar-refractivity contribution in [2.24, 2.45) is 11.8 Å². The summed E-state index contributed by atoms with van der Waals surface area (Å²) in [6, 6.07) is 0. The van der Waals surface area contributed by atoms with Gasteiger partial charge >= 0.3 is 103 Å². The standard InChI is InChI=1S/C12H13N3O7S.2K/c1-12(4-15-3-5(10(17)18)13-14-15)9(11(19)20)8-6(16)2-7(8)23(12,21)22;;/h3,7-9H,2,4H2,1H3,(H,17,18)(H,19,20);;/q;2*+1/p-2/t7?,8?,9-,12-;;/m0../s1. The molecule has 1 saturated carbocycles. The topological polar surface area (TPSA) is 162 Å². The van der Waals surface area contributed by atoms with Gasteiger partial charge < -0.3 is 19.8 Å². The minimum absolute atomic E-state index is 0. The van der Waals surface area contributed by atoms with Crippen molar-refractivity contribution in [3.05, 3.63) is 11.9 Å². The van der Waals surface area contributed by atoms with Gasteiger partial charge in [-0.05, 0) is 6.92 Å². The molecule has 2 fully saturated rings. The molecule has 1 aliphatic carbocycles. The van der Waals surface area contributed by atoms with E-state index in [0.29, 0.717) is 0 Å². The predicted molar refractivity (Wildman–Crippen MR) is 67.1 cm³/mol. The number of carboxylic acid groups (broad SMARTS) is 2. The Morgan fingerprint density at radius 1 is 1.36 bits per heavy atom. The second kappa shape index (κ2) is 8.15. The number of nitrogens with zero attached hydrogens (tertiary/aromatic N) is 3. The summed E-state index contributed by atoms with van der Waals surface area (Å²) in [5.41, 5.74) is -0.506. The number of fused-ring (bicyclic) bond motifs is 1. The monoisotopic (exact) mass is 419 g/mol. The molecule has 0 amide bonds. The van der Waals surface area contributed by atoms with Crippen LogP contribution in [0.1, 0.15) is 23.8 Å². The molecule has 1 saturated heterocycles. The van der Waals surface area contributed by atoms with Gasteiger partial charge in [-0.15, -0.1) is 5.10 Å². The van der Waals surface area contributed by atoms with Crippen LogP contribution in [0.15, 0.2) is 6.20 Å². The number of aliphatic carboxylic acids is 1. The average Bonchev–Trinajstić information content (AvgIpc) is 2.93. The van der Waals surface area contributed by atoms with Crippen molar-refractivity contribution in [3.8, 4) is 0 Å². The molecule has 0 N–H and O–H groups in total. The van der Waals surface area contributed by atoms with E-state index < -0.39 is 61.6 Å². The number of carboxylic acids is 2. The molecule has 2 unspecified atom stereocenters. The second-order valence-electron chi connectivity index (χ2n) is 5.98. The summed E-state index contributed by atoms with van der Waals surface area (Å²) in [7, 11) is -3.96. The summed E-state index contributed by atoms with van der Waals surface area (Å²) in [4.78, 5) is 33.8. The molecule has 2 heterocycles. The van der Waals surface area contributed by atoms with Crippen LogP contribution in [0.4, 0.5) is 0 Å². The average molecular weight is 419 g/mol. The molecule has 10 nitrogen and oxygen atoms in total. The Bertz CT molecular complexity index is 840. The van der Waals surface area contributed by atoms with Crippen molar-refractivity contribution in [1.29, 1.82) is 0 Å². The number of ketones is 1. The first kappa shape index (κ1) is 24.0. The molecule has 4 atom stereocenters. The Morgan fingerprint density at radius 3 is 2.40 bits per heavy atom. The fraction of sp³-hybridized carbons (Fsp3) is 0.583. The van der Waals surface area contributed by atoms with Crippen LogP contribution < -0.4 is 113 Å². The maximum absolute atomic E-state index is 12.6. The second-order valence-corrected chi connectivity index (χ2v) is 8.61. The molecular formula is C12H11K2N3O7S. The van der Waals surface area contributed by atoms with Gasteiger partial charge in [-0.3, -0.25) is 9.48 Å². The molecule has 25 heavy (non-hydrogen) atoms. The molecule has 2 aliphatic rings. The van der Waals surface area contributed by atoms with E-state index in [4.69, 9.17) is 0 Å². The zero-order chi connectivity index (χ0) is 17.2. The third-order valence-electron chi connectivity index (χ3n) is 4.72. The SMILES string of the molecule is C[C@]1(Cn2cc(C(=O)[O-])nn2)[C@H](C(=O)[O-])C2C(=O)CC2S1(=O)=O.[K+].[K+]. The molecule has 0 bridgehead atoms. The predicted octanol–water partition coefficient (Wildman–Crippen LogP) is -9.84. The van der Waals surface area contributed by atoms with Gasteiger partial charge in [0.2, 0.25) is 0 Å². The van der Waals surface area contributed by atoms with Crippen LogP contribution in [0.5, 0.6) is 0 Å². The fourth-order valence-corrected chi connectivity index (χ4v) is 6.17. The smallest absolute Gasteiger partial charge is 0.550 e. The van der Waals surface area contributed by atoms with Gasteiger partial charge in [0, 0.05) is 24.2 Å².